The average Bonchev–Trinajstić information content (AvgIpc) is 2.26. The Morgan fingerprint density at radius 2 is 1.94 bits per heavy atom. The lowest BCUT2D eigenvalue weighted by Crippen LogP contribution is -2.29. The molecular weight excluding hydrogens is 242 g/mol. The standard InChI is InChI=1S/C11H13NO4S/c1-11(13,8-16-17(3,14)15)9-4-6-10(12-2)7-5-9/h4-7,13H,8H2,1,3H3/t11-/m0/s1. The Labute approximate surface area is 101 Å². The summed E-state index contributed by atoms with van der Waals surface area (Å²) in [5.74, 6) is 0. The second kappa shape index (κ2) is 4.84. The first-order valence-corrected chi connectivity index (χ1v) is 6.61. The van der Waals surface area contributed by atoms with Crippen molar-refractivity contribution in [3.8, 4) is 0 Å². The van der Waals surface area contributed by atoms with Crippen LogP contribution in [0.2, 0.25) is 0 Å². The van der Waals surface area contributed by atoms with Crippen molar-refractivity contribution in [1.29, 1.82) is 0 Å². The van der Waals surface area contributed by atoms with E-state index < -0.39 is 15.7 Å². The normalized spacial score (nSPS) is 14.9. The summed E-state index contributed by atoms with van der Waals surface area (Å²) >= 11 is 0. The third-order valence-corrected chi connectivity index (χ3v) is 2.72. The van der Waals surface area contributed by atoms with E-state index in [4.69, 9.17) is 6.57 Å². The van der Waals surface area contributed by atoms with Crippen LogP contribution in [0.1, 0.15) is 12.5 Å². The highest BCUT2D eigenvalue weighted by Crippen LogP contribution is 2.24. The highest BCUT2D eigenvalue weighted by atomic mass is 32.2. The summed E-state index contributed by atoms with van der Waals surface area (Å²) in [4.78, 5) is 3.22. The molecule has 0 spiro atoms. The number of benzene rings is 1. The molecule has 0 fully saturated rings. The fourth-order valence-electron chi connectivity index (χ4n) is 1.20. The van der Waals surface area contributed by atoms with Crippen LogP contribution < -0.4 is 0 Å². The lowest BCUT2D eigenvalue weighted by Gasteiger charge is -2.22. The van der Waals surface area contributed by atoms with Crippen LogP contribution in [0.4, 0.5) is 5.69 Å². The predicted molar refractivity (Wildman–Crippen MR) is 63.1 cm³/mol. The largest absolute Gasteiger partial charge is 0.383 e. The van der Waals surface area contributed by atoms with Gasteiger partial charge in [0.05, 0.1) is 19.4 Å². The molecular formula is C11H13NO4S. The molecule has 0 radical (unpaired) electrons. The average molecular weight is 255 g/mol. The van der Waals surface area contributed by atoms with Crippen LogP contribution >= 0.6 is 0 Å². The molecule has 1 rings (SSSR count). The predicted octanol–water partition coefficient (Wildman–Crippen LogP) is 1.42. The highest BCUT2D eigenvalue weighted by Gasteiger charge is 2.25. The Bertz CT molecular complexity index is 526. The van der Waals surface area contributed by atoms with Gasteiger partial charge < -0.3 is 5.11 Å². The van der Waals surface area contributed by atoms with Gasteiger partial charge in [-0.3, -0.25) is 4.18 Å². The van der Waals surface area contributed by atoms with Crippen LogP contribution in [-0.4, -0.2) is 26.4 Å². The molecule has 1 aromatic carbocycles. The van der Waals surface area contributed by atoms with E-state index in [1.165, 1.54) is 6.92 Å². The second-order valence-electron chi connectivity index (χ2n) is 3.90. The van der Waals surface area contributed by atoms with E-state index in [0.717, 1.165) is 6.26 Å². The molecule has 0 heterocycles. The van der Waals surface area contributed by atoms with Gasteiger partial charge in [0.1, 0.15) is 5.60 Å². The Kier molecular flexibility index (Phi) is 3.88. The van der Waals surface area contributed by atoms with E-state index in [1.54, 1.807) is 24.3 Å². The van der Waals surface area contributed by atoms with Gasteiger partial charge in [-0.15, -0.1) is 0 Å². The lowest BCUT2D eigenvalue weighted by atomic mass is 9.97. The molecule has 5 nitrogen and oxygen atoms in total. The molecule has 1 atom stereocenters. The quantitative estimate of drug-likeness (QED) is 0.652. The number of hydrogen-bond acceptors (Lipinski definition) is 4. The third kappa shape index (κ3) is 4.15. The lowest BCUT2D eigenvalue weighted by molar-refractivity contribution is 0.0101. The van der Waals surface area contributed by atoms with Gasteiger partial charge in [-0.1, -0.05) is 24.3 Å². The molecule has 17 heavy (non-hydrogen) atoms. The van der Waals surface area contributed by atoms with Crippen LogP contribution in [-0.2, 0) is 19.9 Å². The monoisotopic (exact) mass is 255 g/mol. The van der Waals surface area contributed by atoms with E-state index in [0.29, 0.717) is 11.3 Å². The Hall–Kier alpha value is -1.42. The molecule has 0 saturated carbocycles. The number of hydrogen-bond donors (Lipinski definition) is 1. The zero-order valence-corrected chi connectivity index (χ0v) is 10.4. The molecule has 0 saturated heterocycles. The Balaban J connectivity index is 2.86. The summed E-state index contributed by atoms with van der Waals surface area (Å²) in [6.45, 7) is 7.88. The van der Waals surface area contributed by atoms with E-state index in [1.807, 2.05) is 0 Å². The van der Waals surface area contributed by atoms with Gasteiger partial charge in [0.2, 0.25) is 0 Å². The molecule has 0 aromatic heterocycles. The summed E-state index contributed by atoms with van der Waals surface area (Å²) < 4.78 is 26.2. The van der Waals surface area contributed by atoms with Gasteiger partial charge in [-0.05, 0) is 12.5 Å². The summed E-state index contributed by atoms with van der Waals surface area (Å²) in [5.41, 5.74) is -0.467. The molecule has 1 N–H and O–H groups in total. The molecule has 0 unspecified atom stereocenters. The minimum absolute atomic E-state index is 0.358. The van der Waals surface area contributed by atoms with Crippen LogP contribution in [0.3, 0.4) is 0 Å². The zero-order valence-electron chi connectivity index (χ0n) is 9.54. The topological polar surface area (TPSA) is 68.0 Å². The zero-order chi connectivity index (χ0) is 13.1. The highest BCUT2D eigenvalue weighted by molar-refractivity contribution is 7.85. The second-order valence-corrected chi connectivity index (χ2v) is 5.54. The summed E-state index contributed by atoms with van der Waals surface area (Å²) in [6, 6.07) is 6.24. The maximum atomic E-state index is 10.8. The fraction of sp³-hybridized carbons (Fsp3) is 0.364. The van der Waals surface area contributed by atoms with Crippen molar-refractivity contribution in [3.63, 3.8) is 0 Å². The first-order chi connectivity index (χ1) is 7.74. The number of rotatable bonds is 4. The summed E-state index contributed by atoms with van der Waals surface area (Å²) in [6.07, 6.45) is 0.922. The number of nitrogens with zero attached hydrogens (tertiary/aromatic N) is 1. The van der Waals surface area contributed by atoms with E-state index in [-0.39, 0.29) is 6.61 Å². The molecule has 0 aliphatic rings. The summed E-state index contributed by atoms with van der Waals surface area (Å²) in [7, 11) is -3.59. The van der Waals surface area contributed by atoms with Gasteiger partial charge in [0.15, 0.2) is 5.69 Å². The van der Waals surface area contributed by atoms with E-state index in [9.17, 15) is 13.5 Å². The maximum absolute atomic E-state index is 10.8. The molecule has 0 aliphatic carbocycles. The smallest absolute Gasteiger partial charge is 0.264 e. The third-order valence-electron chi connectivity index (χ3n) is 2.17. The minimum atomic E-state index is -3.59. The SMILES string of the molecule is [C-]#[N+]c1ccc([C@@](C)(O)COS(C)(=O)=O)cc1. The van der Waals surface area contributed by atoms with Crippen molar-refractivity contribution >= 4 is 15.8 Å². The van der Waals surface area contributed by atoms with Crippen LogP contribution in [0.15, 0.2) is 24.3 Å². The fourth-order valence-corrected chi connectivity index (χ4v) is 1.64. The first-order valence-electron chi connectivity index (χ1n) is 4.79. The minimum Gasteiger partial charge on any atom is -0.383 e. The van der Waals surface area contributed by atoms with Crippen molar-refractivity contribution in [1.82, 2.24) is 0 Å². The molecule has 0 amide bonds. The van der Waals surface area contributed by atoms with Crippen molar-refractivity contribution < 1.29 is 17.7 Å². The van der Waals surface area contributed by atoms with Crippen molar-refractivity contribution in [3.05, 3.63) is 41.2 Å². The maximum Gasteiger partial charge on any atom is 0.264 e. The number of aliphatic hydroxyl groups is 1. The Morgan fingerprint density at radius 1 is 1.41 bits per heavy atom. The van der Waals surface area contributed by atoms with Crippen LogP contribution in [0.25, 0.3) is 4.85 Å². The van der Waals surface area contributed by atoms with Crippen molar-refractivity contribution in [2.75, 3.05) is 12.9 Å². The van der Waals surface area contributed by atoms with Crippen LogP contribution in [0, 0.1) is 6.57 Å². The molecule has 92 valence electrons. The van der Waals surface area contributed by atoms with Gasteiger partial charge in [-0.25, -0.2) is 4.85 Å². The molecule has 6 heteroatoms. The molecule has 0 bridgehead atoms. The summed E-state index contributed by atoms with van der Waals surface area (Å²) in [5, 5.41) is 10.0. The van der Waals surface area contributed by atoms with Gasteiger partial charge >= 0.3 is 0 Å². The molecule has 1 aromatic rings. The van der Waals surface area contributed by atoms with E-state index >= 15 is 0 Å². The van der Waals surface area contributed by atoms with Crippen molar-refractivity contribution in [2.24, 2.45) is 0 Å². The van der Waals surface area contributed by atoms with Gasteiger partial charge in [0.25, 0.3) is 10.1 Å². The van der Waals surface area contributed by atoms with Crippen molar-refractivity contribution in [2.45, 2.75) is 12.5 Å². The van der Waals surface area contributed by atoms with Gasteiger partial charge in [-0.2, -0.15) is 8.42 Å². The Morgan fingerprint density at radius 3 is 2.35 bits per heavy atom. The van der Waals surface area contributed by atoms with Crippen LogP contribution in [0.5, 0.6) is 0 Å². The van der Waals surface area contributed by atoms with E-state index in [2.05, 4.69) is 9.03 Å². The molecule has 0 aliphatic heterocycles. The first kappa shape index (κ1) is 13.6. The van der Waals surface area contributed by atoms with Gasteiger partial charge in [0, 0.05) is 0 Å².